The molecule has 0 aliphatic carbocycles. The zero-order valence-electron chi connectivity index (χ0n) is 20.6. The monoisotopic (exact) mass is 565 g/mol. The number of hydrogen-bond acceptors (Lipinski definition) is 5. The van der Waals surface area contributed by atoms with Crippen LogP contribution in [0, 0.1) is 6.92 Å². The van der Waals surface area contributed by atoms with Crippen LogP contribution in [-0.4, -0.2) is 28.2 Å². The molecule has 0 aliphatic heterocycles. The summed E-state index contributed by atoms with van der Waals surface area (Å²) in [6, 6.07) is 28.4. The van der Waals surface area contributed by atoms with Gasteiger partial charge in [0.25, 0.3) is 5.91 Å². The van der Waals surface area contributed by atoms with Crippen molar-refractivity contribution >= 4 is 50.5 Å². The minimum atomic E-state index is -0.587. The number of nitrogens with zero attached hydrogens (tertiary/aromatic N) is 2. The first-order valence-electron chi connectivity index (χ1n) is 11.9. The summed E-state index contributed by atoms with van der Waals surface area (Å²) in [5.41, 5.74) is 2.86. The molecule has 7 heteroatoms. The minimum Gasteiger partial charge on any atom is -0.305 e. The van der Waals surface area contributed by atoms with Gasteiger partial charge in [0.05, 0.1) is 6.42 Å². The molecule has 4 rings (SSSR count). The molecular formula is C31H24BrN3O3. The molecule has 1 N–H and O–H groups in total. The van der Waals surface area contributed by atoms with Crippen molar-refractivity contribution in [1.29, 1.82) is 0 Å². The van der Waals surface area contributed by atoms with E-state index in [-0.39, 0.29) is 23.7 Å². The Morgan fingerprint density at radius 1 is 0.816 bits per heavy atom. The Morgan fingerprint density at radius 3 is 2.05 bits per heavy atom. The third-order valence-corrected chi connectivity index (χ3v) is 6.12. The number of Topliss-reactive ketones (excluding diaryl/α,β-unsaturated/α-hetero) is 2. The molecule has 0 saturated heterocycles. The van der Waals surface area contributed by atoms with Crippen LogP contribution >= 0.6 is 15.9 Å². The number of hydrogen-bond donors (Lipinski definition) is 1. The largest absolute Gasteiger partial charge is 0.305 e. The van der Waals surface area contributed by atoms with Crippen LogP contribution in [0.2, 0.25) is 0 Å². The molecule has 1 heterocycles. The fourth-order valence-corrected chi connectivity index (χ4v) is 3.82. The van der Waals surface area contributed by atoms with Crippen LogP contribution in [-0.2, 0) is 4.79 Å². The molecule has 0 bridgehead atoms. The number of anilines is 1. The number of halogens is 1. The average Bonchev–Trinajstić information content (AvgIpc) is 2.95. The van der Waals surface area contributed by atoms with Gasteiger partial charge in [0, 0.05) is 33.6 Å². The second kappa shape index (κ2) is 12.7. The summed E-state index contributed by atoms with van der Waals surface area (Å²) < 4.78 is 0.758. The molecular weight excluding hydrogens is 542 g/mol. The molecule has 0 saturated carbocycles. The highest BCUT2D eigenvalue weighted by molar-refractivity contribution is 9.10. The van der Waals surface area contributed by atoms with Crippen molar-refractivity contribution < 1.29 is 14.4 Å². The van der Waals surface area contributed by atoms with Crippen molar-refractivity contribution in [2.45, 2.75) is 13.3 Å². The smallest absolute Gasteiger partial charge is 0.271 e. The van der Waals surface area contributed by atoms with Crippen molar-refractivity contribution in [3.8, 4) is 0 Å². The summed E-state index contributed by atoms with van der Waals surface area (Å²) in [4.78, 5) is 48.3. The SMILES string of the molecule is Cc1ccc(C(=O)CC(=N/C=C(/C(=O)c2ccccc2)c2ccccc2)C(=O)Nc2ccc(Br)cn2)cc1. The van der Waals surface area contributed by atoms with Crippen molar-refractivity contribution in [2.75, 3.05) is 5.32 Å². The van der Waals surface area contributed by atoms with Crippen LogP contribution in [0.15, 0.2) is 119 Å². The highest BCUT2D eigenvalue weighted by Crippen LogP contribution is 2.21. The number of carbonyl (C=O) groups excluding carboxylic acids is 3. The number of aromatic nitrogens is 1. The maximum absolute atomic E-state index is 13.4. The number of amides is 1. The molecule has 3 aromatic carbocycles. The van der Waals surface area contributed by atoms with Gasteiger partial charge in [-0.3, -0.25) is 19.4 Å². The standard InChI is InChI=1S/C31H24BrN3O3/c1-21-12-14-23(15-13-21)28(36)18-27(31(38)35-29-17-16-25(32)19-34-29)33-20-26(22-8-4-2-5-9-22)30(37)24-10-6-3-7-11-24/h2-17,19-20H,18H2,1H3,(H,34,35,38)/b26-20+,33-27?. The topological polar surface area (TPSA) is 88.5 Å². The molecule has 4 aromatic rings. The fraction of sp³-hybridized carbons (Fsp3) is 0.0645. The highest BCUT2D eigenvalue weighted by Gasteiger charge is 2.19. The van der Waals surface area contributed by atoms with E-state index in [0.717, 1.165) is 10.0 Å². The summed E-state index contributed by atoms with van der Waals surface area (Å²) in [5, 5.41) is 2.69. The Morgan fingerprint density at radius 2 is 1.45 bits per heavy atom. The number of carbonyl (C=O) groups is 3. The first kappa shape index (κ1) is 26.6. The zero-order valence-corrected chi connectivity index (χ0v) is 22.2. The summed E-state index contributed by atoms with van der Waals surface area (Å²) >= 11 is 3.32. The lowest BCUT2D eigenvalue weighted by Crippen LogP contribution is -2.26. The van der Waals surface area contributed by atoms with Crippen LogP contribution in [0.25, 0.3) is 5.57 Å². The summed E-state index contributed by atoms with van der Waals surface area (Å²) in [5.74, 6) is -0.802. The normalized spacial score (nSPS) is 11.6. The Hall–Kier alpha value is -4.49. The molecule has 6 nitrogen and oxygen atoms in total. The number of aliphatic imine (C=N–C) groups is 1. The van der Waals surface area contributed by atoms with E-state index in [1.165, 1.54) is 6.20 Å². The van der Waals surface area contributed by atoms with Gasteiger partial charge in [-0.25, -0.2) is 4.98 Å². The van der Waals surface area contributed by atoms with Gasteiger partial charge < -0.3 is 5.32 Å². The average molecular weight is 566 g/mol. The van der Waals surface area contributed by atoms with E-state index in [1.54, 1.807) is 66.9 Å². The summed E-state index contributed by atoms with van der Waals surface area (Å²) in [6.45, 7) is 1.93. The van der Waals surface area contributed by atoms with Crippen molar-refractivity contribution in [3.05, 3.63) is 136 Å². The molecule has 1 amide bonds. The first-order valence-corrected chi connectivity index (χ1v) is 12.6. The Labute approximate surface area is 229 Å². The van der Waals surface area contributed by atoms with Crippen molar-refractivity contribution in [3.63, 3.8) is 0 Å². The second-order valence-electron chi connectivity index (χ2n) is 8.46. The number of nitrogens with one attached hydrogen (secondary N) is 1. The number of ketones is 2. The van der Waals surface area contributed by atoms with E-state index in [9.17, 15) is 14.4 Å². The van der Waals surface area contributed by atoms with Crippen LogP contribution in [0.3, 0.4) is 0 Å². The molecule has 38 heavy (non-hydrogen) atoms. The molecule has 0 unspecified atom stereocenters. The van der Waals surface area contributed by atoms with E-state index >= 15 is 0 Å². The Balaban J connectivity index is 1.73. The van der Waals surface area contributed by atoms with Crippen molar-refractivity contribution in [1.82, 2.24) is 4.98 Å². The summed E-state index contributed by atoms with van der Waals surface area (Å²) in [6.07, 6.45) is 2.65. The molecule has 0 radical (unpaired) electrons. The number of pyridine rings is 1. The number of rotatable bonds is 9. The predicted octanol–water partition coefficient (Wildman–Crippen LogP) is 6.73. The molecule has 188 valence electrons. The van der Waals surface area contributed by atoms with Gasteiger partial charge in [0.15, 0.2) is 11.6 Å². The van der Waals surface area contributed by atoms with Crippen LogP contribution < -0.4 is 5.32 Å². The molecule has 0 fully saturated rings. The molecule has 1 aromatic heterocycles. The minimum absolute atomic E-state index is 0.0467. The van der Waals surface area contributed by atoms with Gasteiger partial charge in [0.1, 0.15) is 11.5 Å². The maximum atomic E-state index is 13.4. The predicted molar refractivity (Wildman–Crippen MR) is 153 cm³/mol. The fourth-order valence-electron chi connectivity index (χ4n) is 3.59. The van der Waals surface area contributed by atoms with E-state index in [0.29, 0.717) is 28.1 Å². The zero-order chi connectivity index (χ0) is 26.9. The maximum Gasteiger partial charge on any atom is 0.271 e. The van der Waals surface area contributed by atoms with E-state index < -0.39 is 5.91 Å². The number of aryl methyl sites for hydroxylation is 1. The second-order valence-corrected chi connectivity index (χ2v) is 9.38. The highest BCUT2D eigenvalue weighted by atomic mass is 79.9. The van der Waals surface area contributed by atoms with Crippen LogP contribution in [0.4, 0.5) is 5.82 Å². The third-order valence-electron chi connectivity index (χ3n) is 5.65. The first-order chi connectivity index (χ1) is 18.4. The van der Waals surface area contributed by atoms with Gasteiger partial charge in [-0.15, -0.1) is 0 Å². The van der Waals surface area contributed by atoms with Gasteiger partial charge in [-0.2, -0.15) is 0 Å². The van der Waals surface area contributed by atoms with E-state index in [4.69, 9.17) is 0 Å². The van der Waals surface area contributed by atoms with E-state index in [1.807, 2.05) is 43.3 Å². The third kappa shape index (κ3) is 7.05. The number of benzene rings is 3. The lowest BCUT2D eigenvalue weighted by molar-refractivity contribution is -0.110. The van der Waals surface area contributed by atoms with Gasteiger partial charge in [0.2, 0.25) is 0 Å². The Bertz CT molecular complexity index is 1500. The lowest BCUT2D eigenvalue weighted by atomic mass is 9.97. The lowest BCUT2D eigenvalue weighted by Gasteiger charge is -2.09. The molecule has 0 aliphatic rings. The Kier molecular flexibility index (Phi) is 8.85. The molecule has 0 spiro atoms. The summed E-state index contributed by atoms with van der Waals surface area (Å²) in [7, 11) is 0. The quantitative estimate of drug-likeness (QED) is 0.138. The van der Waals surface area contributed by atoms with Crippen LogP contribution in [0.1, 0.15) is 38.3 Å². The van der Waals surface area contributed by atoms with Crippen LogP contribution in [0.5, 0.6) is 0 Å². The van der Waals surface area contributed by atoms with Gasteiger partial charge >= 0.3 is 0 Å². The van der Waals surface area contributed by atoms with Gasteiger partial charge in [-0.1, -0.05) is 90.5 Å². The number of allylic oxidation sites excluding steroid dienone is 1. The van der Waals surface area contributed by atoms with Crippen molar-refractivity contribution in [2.24, 2.45) is 4.99 Å². The molecule has 0 atom stereocenters. The van der Waals surface area contributed by atoms with E-state index in [2.05, 4.69) is 31.2 Å². The van der Waals surface area contributed by atoms with Gasteiger partial charge in [-0.05, 0) is 40.5 Å².